The van der Waals surface area contributed by atoms with E-state index in [1.54, 1.807) is 0 Å². The zero-order valence-corrected chi connectivity index (χ0v) is 10.0. The van der Waals surface area contributed by atoms with Crippen LogP contribution in [0.1, 0.15) is 13.8 Å². The Morgan fingerprint density at radius 3 is 2.38 bits per heavy atom. The van der Waals surface area contributed by atoms with E-state index >= 15 is 0 Å². The van der Waals surface area contributed by atoms with Crippen LogP contribution in [0.2, 0.25) is 0 Å². The van der Waals surface area contributed by atoms with Crippen molar-refractivity contribution in [2.24, 2.45) is 0 Å². The summed E-state index contributed by atoms with van der Waals surface area (Å²) in [5, 5.41) is 12.9. The van der Waals surface area contributed by atoms with Gasteiger partial charge in [0.05, 0.1) is 5.75 Å². The van der Waals surface area contributed by atoms with Crippen LogP contribution in [0.15, 0.2) is 0 Å². The van der Waals surface area contributed by atoms with Crippen LogP contribution >= 0.6 is 0 Å². The molecule has 0 bridgehead atoms. The third kappa shape index (κ3) is 6.23. The van der Waals surface area contributed by atoms with Gasteiger partial charge in [0.15, 0.2) is 9.84 Å². The predicted molar refractivity (Wildman–Crippen MR) is 58.0 cm³/mol. The monoisotopic (exact) mass is 252 g/mol. The molecule has 0 aromatic carbocycles. The van der Waals surface area contributed by atoms with Crippen LogP contribution in [0.25, 0.3) is 0 Å². The van der Waals surface area contributed by atoms with Crippen LogP contribution in [0.5, 0.6) is 0 Å². The van der Waals surface area contributed by atoms with Crippen LogP contribution in [0, 0.1) is 0 Å². The van der Waals surface area contributed by atoms with E-state index in [1.807, 2.05) is 0 Å². The van der Waals surface area contributed by atoms with E-state index in [0.29, 0.717) is 0 Å². The maximum atomic E-state index is 11.1. The molecule has 3 N–H and O–H groups in total. The summed E-state index contributed by atoms with van der Waals surface area (Å²) in [6.07, 6.45) is 0. The van der Waals surface area contributed by atoms with E-state index < -0.39 is 27.9 Å². The third-order valence-electron chi connectivity index (χ3n) is 1.86. The molecular weight excluding hydrogens is 236 g/mol. The van der Waals surface area contributed by atoms with Crippen molar-refractivity contribution < 1.29 is 23.1 Å². The van der Waals surface area contributed by atoms with Gasteiger partial charge in [-0.1, -0.05) is 6.92 Å². The SMILES string of the molecule is CCS(=O)(=O)CCNC(=O)NC(C)C(=O)O. The molecular formula is C8H16N2O5S. The Balaban J connectivity index is 3.88. The van der Waals surface area contributed by atoms with Crippen molar-refractivity contribution in [2.75, 3.05) is 18.1 Å². The van der Waals surface area contributed by atoms with Gasteiger partial charge in [-0.15, -0.1) is 0 Å². The summed E-state index contributed by atoms with van der Waals surface area (Å²) in [6.45, 7) is 2.79. The molecule has 7 nitrogen and oxygen atoms in total. The molecule has 0 aliphatic carbocycles. The van der Waals surface area contributed by atoms with E-state index in [4.69, 9.17) is 5.11 Å². The summed E-state index contributed by atoms with van der Waals surface area (Å²) in [5.74, 6) is -1.29. The van der Waals surface area contributed by atoms with E-state index in [1.165, 1.54) is 13.8 Å². The fourth-order valence-electron chi connectivity index (χ4n) is 0.774. The maximum absolute atomic E-state index is 11.1. The molecule has 0 fully saturated rings. The van der Waals surface area contributed by atoms with Crippen molar-refractivity contribution in [1.82, 2.24) is 10.6 Å². The lowest BCUT2D eigenvalue weighted by atomic mass is 10.3. The first kappa shape index (κ1) is 14.7. The van der Waals surface area contributed by atoms with Crippen molar-refractivity contribution in [1.29, 1.82) is 0 Å². The van der Waals surface area contributed by atoms with E-state index in [-0.39, 0.29) is 18.1 Å². The third-order valence-corrected chi connectivity index (χ3v) is 3.56. The molecule has 0 aromatic heterocycles. The van der Waals surface area contributed by atoms with Crippen LogP contribution in [-0.4, -0.2) is 49.6 Å². The molecule has 0 aliphatic heterocycles. The average molecular weight is 252 g/mol. The quantitative estimate of drug-likeness (QED) is 0.572. The van der Waals surface area contributed by atoms with Crippen LogP contribution < -0.4 is 10.6 Å². The van der Waals surface area contributed by atoms with Crippen molar-refractivity contribution >= 4 is 21.8 Å². The number of urea groups is 1. The molecule has 94 valence electrons. The van der Waals surface area contributed by atoms with Crippen molar-refractivity contribution in [3.8, 4) is 0 Å². The number of carboxylic acid groups (broad SMARTS) is 1. The summed E-state index contributed by atoms with van der Waals surface area (Å²) in [6, 6.07) is -1.70. The molecule has 0 aliphatic rings. The number of nitrogens with one attached hydrogen (secondary N) is 2. The number of hydrogen-bond acceptors (Lipinski definition) is 4. The smallest absolute Gasteiger partial charge is 0.325 e. The number of sulfone groups is 1. The van der Waals surface area contributed by atoms with E-state index in [9.17, 15) is 18.0 Å². The Morgan fingerprint density at radius 2 is 1.94 bits per heavy atom. The summed E-state index contributed by atoms with van der Waals surface area (Å²) < 4.78 is 22.1. The van der Waals surface area contributed by atoms with E-state index in [0.717, 1.165) is 0 Å². The second kappa shape index (κ2) is 6.31. The number of hydrogen-bond donors (Lipinski definition) is 3. The Bertz CT molecular complexity index is 351. The number of carbonyl (C=O) groups excluding carboxylic acids is 1. The van der Waals surface area contributed by atoms with Gasteiger partial charge in [-0.3, -0.25) is 4.79 Å². The summed E-state index contributed by atoms with van der Waals surface area (Å²) in [4.78, 5) is 21.4. The van der Waals surface area contributed by atoms with Crippen molar-refractivity contribution in [3.05, 3.63) is 0 Å². The highest BCUT2D eigenvalue weighted by Gasteiger charge is 2.14. The van der Waals surface area contributed by atoms with Crippen molar-refractivity contribution in [3.63, 3.8) is 0 Å². The van der Waals surface area contributed by atoms with Crippen LogP contribution in [0.4, 0.5) is 4.79 Å². The van der Waals surface area contributed by atoms with Gasteiger partial charge >= 0.3 is 12.0 Å². The average Bonchev–Trinajstić information content (AvgIpc) is 2.17. The zero-order chi connectivity index (χ0) is 12.8. The Kier molecular flexibility index (Phi) is 5.79. The molecule has 1 unspecified atom stereocenters. The molecule has 0 aromatic rings. The van der Waals surface area contributed by atoms with E-state index in [2.05, 4.69) is 10.6 Å². The van der Waals surface area contributed by atoms with Gasteiger partial charge < -0.3 is 15.7 Å². The molecule has 0 saturated heterocycles. The zero-order valence-electron chi connectivity index (χ0n) is 9.19. The molecule has 16 heavy (non-hydrogen) atoms. The first-order valence-corrected chi connectivity index (χ1v) is 6.58. The fraction of sp³-hybridized carbons (Fsp3) is 0.750. The minimum absolute atomic E-state index is 0.0157. The number of carbonyl (C=O) groups is 2. The topological polar surface area (TPSA) is 113 Å². The highest BCUT2D eigenvalue weighted by atomic mass is 32.2. The van der Waals surface area contributed by atoms with Gasteiger partial charge in [0.2, 0.25) is 0 Å². The molecule has 2 amide bonds. The molecule has 1 atom stereocenters. The molecule has 8 heteroatoms. The molecule has 0 saturated carbocycles. The number of carboxylic acids is 1. The summed E-state index contributed by atoms with van der Waals surface area (Å²) in [7, 11) is -3.12. The second-order valence-electron chi connectivity index (χ2n) is 3.20. The Hall–Kier alpha value is -1.31. The van der Waals surface area contributed by atoms with Gasteiger partial charge in [0.1, 0.15) is 6.04 Å². The molecule has 0 rings (SSSR count). The molecule has 0 heterocycles. The first-order chi connectivity index (χ1) is 7.28. The van der Waals surface area contributed by atoms with Gasteiger partial charge in [-0.05, 0) is 6.92 Å². The lowest BCUT2D eigenvalue weighted by Gasteiger charge is -2.10. The standard InChI is InChI=1S/C8H16N2O5S/c1-3-16(14,15)5-4-9-8(13)10-6(2)7(11)12/h6H,3-5H2,1-2H3,(H,11,12)(H2,9,10,13). The van der Waals surface area contributed by atoms with Crippen LogP contribution in [0.3, 0.4) is 0 Å². The Morgan fingerprint density at radius 1 is 1.38 bits per heavy atom. The highest BCUT2D eigenvalue weighted by molar-refractivity contribution is 7.91. The number of rotatable bonds is 6. The lowest BCUT2D eigenvalue weighted by Crippen LogP contribution is -2.45. The van der Waals surface area contributed by atoms with Gasteiger partial charge in [0, 0.05) is 12.3 Å². The van der Waals surface area contributed by atoms with Gasteiger partial charge in [-0.2, -0.15) is 0 Å². The molecule has 0 radical (unpaired) electrons. The maximum Gasteiger partial charge on any atom is 0.325 e. The Labute approximate surface area is 94.1 Å². The largest absolute Gasteiger partial charge is 0.480 e. The predicted octanol–water partition coefficient (Wildman–Crippen LogP) is -0.807. The molecule has 0 spiro atoms. The minimum Gasteiger partial charge on any atom is -0.480 e. The highest BCUT2D eigenvalue weighted by Crippen LogP contribution is 1.87. The number of amides is 2. The summed E-state index contributed by atoms with van der Waals surface area (Å²) in [5.41, 5.74) is 0. The fourth-order valence-corrected chi connectivity index (χ4v) is 1.48. The van der Waals surface area contributed by atoms with Gasteiger partial charge in [-0.25, -0.2) is 13.2 Å². The van der Waals surface area contributed by atoms with Crippen molar-refractivity contribution in [2.45, 2.75) is 19.9 Å². The normalized spacial score (nSPS) is 12.9. The number of aliphatic carboxylic acids is 1. The van der Waals surface area contributed by atoms with Crippen LogP contribution in [-0.2, 0) is 14.6 Å². The first-order valence-electron chi connectivity index (χ1n) is 4.76. The summed E-state index contributed by atoms with van der Waals surface area (Å²) >= 11 is 0. The second-order valence-corrected chi connectivity index (χ2v) is 5.67. The minimum atomic E-state index is -3.12. The lowest BCUT2D eigenvalue weighted by molar-refractivity contribution is -0.138. The van der Waals surface area contributed by atoms with Gasteiger partial charge in [0.25, 0.3) is 0 Å².